The Bertz CT molecular complexity index is 349. The number of hydrogen-bond acceptors (Lipinski definition) is 2. The summed E-state index contributed by atoms with van der Waals surface area (Å²) in [4.78, 5) is 21.3. The van der Waals surface area contributed by atoms with Gasteiger partial charge in [-0.15, -0.1) is 0 Å². The Morgan fingerprint density at radius 1 is 1.17 bits per heavy atom. The van der Waals surface area contributed by atoms with E-state index in [1.807, 2.05) is 13.0 Å². The third-order valence-electron chi connectivity index (χ3n) is 2.68. The van der Waals surface area contributed by atoms with Crippen LogP contribution < -0.4 is 0 Å². The lowest BCUT2D eigenvalue weighted by molar-refractivity contribution is -0.137. The highest BCUT2D eigenvalue weighted by atomic mass is 16.4. The zero-order valence-electron chi connectivity index (χ0n) is 11.8. The molecule has 1 N–H and O–H groups in total. The van der Waals surface area contributed by atoms with Gasteiger partial charge in [-0.25, -0.2) is 0 Å². The molecule has 0 heterocycles. The molecule has 0 fully saturated rings. The van der Waals surface area contributed by atoms with Crippen molar-refractivity contribution in [3.63, 3.8) is 0 Å². The molecule has 0 bridgehead atoms. The van der Waals surface area contributed by atoms with Crippen molar-refractivity contribution in [1.29, 1.82) is 0 Å². The molecule has 0 amide bonds. The summed E-state index contributed by atoms with van der Waals surface area (Å²) >= 11 is 0. The first-order valence-corrected chi connectivity index (χ1v) is 6.27. The van der Waals surface area contributed by atoms with Crippen LogP contribution in [0.25, 0.3) is 0 Å². The van der Waals surface area contributed by atoms with E-state index in [0.717, 1.165) is 12.0 Å². The van der Waals surface area contributed by atoms with Crippen molar-refractivity contribution in [3.8, 4) is 0 Å². The SMILES string of the molecule is CC(=O)C/C=C/C(C)(C)C/C=C(\C)CCC(=O)O. The van der Waals surface area contributed by atoms with Gasteiger partial charge in [-0.05, 0) is 32.1 Å². The number of Topliss-reactive ketones (excluding diaryl/α,β-unsaturated/α-hetero) is 1. The van der Waals surface area contributed by atoms with E-state index < -0.39 is 5.97 Å². The highest BCUT2D eigenvalue weighted by molar-refractivity contribution is 5.76. The van der Waals surface area contributed by atoms with Gasteiger partial charge in [-0.3, -0.25) is 9.59 Å². The van der Waals surface area contributed by atoms with E-state index in [1.54, 1.807) is 6.92 Å². The summed E-state index contributed by atoms with van der Waals surface area (Å²) in [6, 6.07) is 0. The van der Waals surface area contributed by atoms with Crippen molar-refractivity contribution in [2.24, 2.45) is 5.41 Å². The van der Waals surface area contributed by atoms with Gasteiger partial charge in [-0.1, -0.05) is 37.6 Å². The zero-order chi connectivity index (χ0) is 14.2. The van der Waals surface area contributed by atoms with Crippen LogP contribution in [0.3, 0.4) is 0 Å². The number of ketones is 1. The fourth-order valence-electron chi connectivity index (χ4n) is 1.46. The fraction of sp³-hybridized carbons (Fsp3) is 0.600. The molecule has 102 valence electrons. The molecule has 3 heteroatoms. The van der Waals surface area contributed by atoms with Gasteiger partial charge in [-0.2, -0.15) is 0 Å². The second-order valence-electron chi connectivity index (χ2n) is 5.45. The summed E-state index contributed by atoms with van der Waals surface area (Å²) in [5.41, 5.74) is 1.10. The summed E-state index contributed by atoms with van der Waals surface area (Å²) in [7, 11) is 0. The van der Waals surface area contributed by atoms with Gasteiger partial charge < -0.3 is 5.11 Å². The molecule has 0 atom stereocenters. The Labute approximate surface area is 110 Å². The second-order valence-corrected chi connectivity index (χ2v) is 5.45. The number of carbonyl (C=O) groups is 2. The molecule has 0 aromatic heterocycles. The number of hydrogen-bond donors (Lipinski definition) is 1. The van der Waals surface area contributed by atoms with E-state index in [-0.39, 0.29) is 17.6 Å². The second kappa shape index (κ2) is 7.85. The molecule has 3 nitrogen and oxygen atoms in total. The van der Waals surface area contributed by atoms with Crippen LogP contribution >= 0.6 is 0 Å². The zero-order valence-corrected chi connectivity index (χ0v) is 11.8. The predicted molar refractivity (Wildman–Crippen MR) is 73.5 cm³/mol. The summed E-state index contributed by atoms with van der Waals surface area (Å²) < 4.78 is 0. The Hall–Kier alpha value is -1.38. The Kier molecular flexibility index (Phi) is 7.25. The van der Waals surface area contributed by atoms with Crippen LogP contribution in [0, 0.1) is 5.41 Å². The van der Waals surface area contributed by atoms with Crippen molar-refractivity contribution in [2.45, 2.75) is 53.4 Å². The van der Waals surface area contributed by atoms with Gasteiger partial charge in [0, 0.05) is 12.8 Å². The number of carboxylic acid groups (broad SMARTS) is 1. The molecule has 0 saturated heterocycles. The average molecular weight is 252 g/mol. The Morgan fingerprint density at radius 2 is 1.78 bits per heavy atom. The minimum Gasteiger partial charge on any atom is -0.481 e. The lowest BCUT2D eigenvalue weighted by Gasteiger charge is -2.18. The van der Waals surface area contributed by atoms with Crippen molar-refractivity contribution in [2.75, 3.05) is 0 Å². The van der Waals surface area contributed by atoms with Crippen molar-refractivity contribution >= 4 is 11.8 Å². The van der Waals surface area contributed by atoms with Gasteiger partial charge in [0.15, 0.2) is 0 Å². The quantitative estimate of drug-likeness (QED) is 0.669. The molecular formula is C15H24O3. The van der Waals surface area contributed by atoms with Crippen LogP contribution in [-0.2, 0) is 9.59 Å². The standard InChI is InChI=1S/C15H24O3/c1-12(7-8-14(17)18)9-11-15(3,4)10-5-6-13(2)16/h5,9-10H,6-8,11H2,1-4H3,(H,17,18)/b10-5+,12-9+. The van der Waals surface area contributed by atoms with Crippen molar-refractivity contribution < 1.29 is 14.7 Å². The molecule has 0 aliphatic carbocycles. The lowest BCUT2D eigenvalue weighted by Crippen LogP contribution is -2.06. The van der Waals surface area contributed by atoms with Crippen molar-refractivity contribution in [1.82, 2.24) is 0 Å². The molecule has 0 aromatic rings. The maximum absolute atomic E-state index is 10.8. The number of allylic oxidation sites excluding steroid dienone is 4. The first-order chi connectivity index (χ1) is 8.23. The van der Waals surface area contributed by atoms with Gasteiger partial charge in [0.2, 0.25) is 0 Å². The molecule has 18 heavy (non-hydrogen) atoms. The topological polar surface area (TPSA) is 54.4 Å². The maximum atomic E-state index is 10.8. The van der Waals surface area contributed by atoms with Crippen LogP contribution in [0.5, 0.6) is 0 Å². The molecule has 0 saturated carbocycles. The fourth-order valence-corrected chi connectivity index (χ4v) is 1.46. The number of carboxylic acids is 1. The van der Waals surface area contributed by atoms with E-state index in [1.165, 1.54) is 0 Å². The molecule has 0 rings (SSSR count). The largest absolute Gasteiger partial charge is 0.481 e. The molecule has 0 spiro atoms. The van der Waals surface area contributed by atoms with Crippen LogP contribution in [0.1, 0.15) is 53.4 Å². The van der Waals surface area contributed by atoms with Gasteiger partial charge in [0.25, 0.3) is 0 Å². The van der Waals surface area contributed by atoms with E-state index in [9.17, 15) is 9.59 Å². The summed E-state index contributed by atoms with van der Waals surface area (Å²) in [5, 5.41) is 8.59. The first-order valence-electron chi connectivity index (χ1n) is 6.27. The Balaban J connectivity index is 4.22. The molecule has 0 radical (unpaired) electrons. The minimum absolute atomic E-state index is 0.0000659. The highest BCUT2D eigenvalue weighted by Crippen LogP contribution is 2.24. The molecule has 0 aliphatic heterocycles. The summed E-state index contributed by atoms with van der Waals surface area (Å²) in [5.74, 6) is -0.599. The number of rotatable bonds is 8. The van der Waals surface area contributed by atoms with Crippen LogP contribution in [0.2, 0.25) is 0 Å². The van der Waals surface area contributed by atoms with Crippen molar-refractivity contribution in [3.05, 3.63) is 23.8 Å². The smallest absolute Gasteiger partial charge is 0.303 e. The van der Waals surface area contributed by atoms with E-state index in [0.29, 0.717) is 12.8 Å². The Morgan fingerprint density at radius 3 is 2.28 bits per heavy atom. The highest BCUT2D eigenvalue weighted by Gasteiger charge is 2.11. The molecule has 0 aromatic carbocycles. The normalized spacial score (nSPS) is 13.0. The van der Waals surface area contributed by atoms with E-state index in [4.69, 9.17) is 5.11 Å². The third-order valence-corrected chi connectivity index (χ3v) is 2.68. The molecule has 0 aliphatic rings. The third kappa shape index (κ3) is 9.82. The lowest BCUT2D eigenvalue weighted by atomic mass is 9.87. The molecular weight excluding hydrogens is 228 g/mol. The monoisotopic (exact) mass is 252 g/mol. The van der Waals surface area contributed by atoms with Gasteiger partial charge >= 0.3 is 5.97 Å². The van der Waals surface area contributed by atoms with Crippen LogP contribution in [-0.4, -0.2) is 16.9 Å². The molecule has 0 unspecified atom stereocenters. The average Bonchev–Trinajstić information content (AvgIpc) is 2.22. The van der Waals surface area contributed by atoms with E-state index in [2.05, 4.69) is 26.0 Å². The maximum Gasteiger partial charge on any atom is 0.303 e. The minimum atomic E-state index is -0.761. The summed E-state index contributed by atoms with van der Waals surface area (Å²) in [6.07, 6.45) is 8.16. The van der Waals surface area contributed by atoms with E-state index >= 15 is 0 Å². The van der Waals surface area contributed by atoms with Gasteiger partial charge in [0.1, 0.15) is 5.78 Å². The number of aliphatic carboxylic acids is 1. The van der Waals surface area contributed by atoms with Crippen LogP contribution in [0.4, 0.5) is 0 Å². The van der Waals surface area contributed by atoms with Gasteiger partial charge in [0.05, 0.1) is 0 Å². The first kappa shape index (κ1) is 16.6. The predicted octanol–water partition coefficient (Wildman–Crippen LogP) is 3.75. The summed E-state index contributed by atoms with van der Waals surface area (Å²) in [6.45, 7) is 7.74. The van der Waals surface area contributed by atoms with Crippen LogP contribution in [0.15, 0.2) is 23.8 Å². The number of carbonyl (C=O) groups excluding carboxylic acids is 1.